The summed E-state index contributed by atoms with van der Waals surface area (Å²) in [4.78, 5) is 15.9. The van der Waals surface area contributed by atoms with Crippen LogP contribution in [0.1, 0.15) is 42.4 Å². The molecule has 0 aliphatic carbocycles. The first-order valence-electron chi connectivity index (χ1n) is 7.20. The van der Waals surface area contributed by atoms with E-state index in [0.717, 1.165) is 11.3 Å². The molecule has 1 atom stereocenters. The number of nitrogens with one attached hydrogen (secondary N) is 1. The van der Waals surface area contributed by atoms with Gasteiger partial charge in [-0.25, -0.2) is 4.79 Å². The normalized spacial score (nSPS) is 21.0. The second-order valence-corrected chi connectivity index (χ2v) is 6.08. The molecule has 0 aromatic carbocycles. The van der Waals surface area contributed by atoms with Crippen LogP contribution in [0.5, 0.6) is 0 Å². The van der Waals surface area contributed by atoms with E-state index >= 15 is 0 Å². The molecule has 2 N–H and O–H groups in total. The summed E-state index contributed by atoms with van der Waals surface area (Å²) in [6, 6.07) is 1.60. The van der Waals surface area contributed by atoms with Gasteiger partial charge in [-0.3, -0.25) is 4.98 Å². The van der Waals surface area contributed by atoms with E-state index in [1.54, 1.807) is 19.4 Å². The topological polar surface area (TPSA) is 71.5 Å². The third-order valence-electron chi connectivity index (χ3n) is 4.32. The summed E-state index contributed by atoms with van der Waals surface area (Å²) in [5.41, 5.74) is 2.65. The number of rotatable bonds is 5. The Morgan fingerprint density at radius 2 is 2.23 bits per heavy atom. The second-order valence-electron chi connectivity index (χ2n) is 6.08. The smallest absolute Gasteiger partial charge is 0.337 e. The largest absolute Gasteiger partial charge is 0.478 e. The molecule has 0 saturated carbocycles. The zero-order chi connectivity index (χ0) is 16.5. The number of aromatic carboxylic acids is 1. The first-order valence-corrected chi connectivity index (χ1v) is 7.20. The van der Waals surface area contributed by atoms with Crippen LogP contribution in [0.25, 0.3) is 5.70 Å². The summed E-state index contributed by atoms with van der Waals surface area (Å²) < 4.78 is 5.03. The Balaban J connectivity index is 2.49. The van der Waals surface area contributed by atoms with E-state index in [1.165, 1.54) is 0 Å². The van der Waals surface area contributed by atoms with Crippen molar-refractivity contribution in [1.29, 1.82) is 0 Å². The molecule has 2 heterocycles. The molecule has 0 fully saturated rings. The average Bonchev–Trinajstić information content (AvgIpc) is 2.76. The van der Waals surface area contributed by atoms with E-state index in [9.17, 15) is 9.90 Å². The molecule has 5 heteroatoms. The first-order chi connectivity index (χ1) is 10.3. The summed E-state index contributed by atoms with van der Waals surface area (Å²) in [5.74, 6) is -0.669. The minimum absolute atomic E-state index is 0.161. The monoisotopic (exact) mass is 302 g/mol. The van der Waals surface area contributed by atoms with Crippen LogP contribution >= 0.6 is 0 Å². The third kappa shape index (κ3) is 2.76. The fourth-order valence-electron chi connectivity index (χ4n) is 2.49. The van der Waals surface area contributed by atoms with E-state index in [-0.39, 0.29) is 11.0 Å². The quantitative estimate of drug-likeness (QED) is 0.874. The van der Waals surface area contributed by atoms with Crippen molar-refractivity contribution in [2.24, 2.45) is 11.3 Å². The maximum Gasteiger partial charge on any atom is 0.337 e. The van der Waals surface area contributed by atoms with Crippen LogP contribution < -0.4 is 5.32 Å². The van der Waals surface area contributed by atoms with Gasteiger partial charge in [-0.2, -0.15) is 0 Å². The minimum atomic E-state index is -1.01. The van der Waals surface area contributed by atoms with Crippen molar-refractivity contribution in [2.75, 3.05) is 7.11 Å². The van der Waals surface area contributed by atoms with Crippen molar-refractivity contribution in [3.8, 4) is 0 Å². The zero-order valence-electron chi connectivity index (χ0n) is 13.4. The van der Waals surface area contributed by atoms with Crippen LogP contribution in [-0.4, -0.2) is 23.2 Å². The maximum atomic E-state index is 11.6. The Kier molecular flexibility index (Phi) is 4.37. The zero-order valence-corrected chi connectivity index (χ0v) is 13.4. The molecule has 0 amide bonds. The van der Waals surface area contributed by atoms with Gasteiger partial charge in [0.2, 0.25) is 0 Å². The lowest BCUT2D eigenvalue weighted by Gasteiger charge is -2.27. The molecule has 0 bridgehead atoms. The lowest BCUT2D eigenvalue weighted by molar-refractivity contribution is 0.0695. The van der Waals surface area contributed by atoms with Crippen molar-refractivity contribution >= 4 is 11.7 Å². The summed E-state index contributed by atoms with van der Waals surface area (Å²) in [7, 11) is 1.56. The first kappa shape index (κ1) is 16.2. The predicted molar refractivity (Wildman–Crippen MR) is 85.1 cm³/mol. The molecule has 5 nitrogen and oxygen atoms in total. The van der Waals surface area contributed by atoms with Gasteiger partial charge in [-0.1, -0.05) is 27.4 Å². The number of hydrogen-bond acceptors (Lipinski definition) is 4. The number of nitrogens with zero attached hydrogens (tertiary/aromatic N) is 1. The van der Waals surface area contributed by atoms with Crippen molar-refractivity contribution < 1.29 is 14.6 Å². The number of aromatic nitrogens is 1. The molecule has 0 radical (unpaired) electrons. The van der Waals surface area contributed by atoms with E-state index in [2.05, 4.69) is 37.7 Å². The molecule has 1 aliphatic heterocycles. The molecule has 1 aromatic heterocycles. The van der Waals surface area contributed by atoms with Gasteiger partial charge in [0.1, 0.15) is 5.69 Å². The standard InChI is InChI=1S/C17H22N2O3/c1-10(2)17(4)7-14(19-11(17)3)15-13(16(20)21)6-12(8-18-15)9-22-5/h6-8,10,19H,3,9H2,1-2,4-5H3,(H,20,21). The number of methoxy groups -OCH3 is 1. The minimum Gasteiger partial charge on any atom is -0.478 e. The van der Waals surface area contributed by atoms with Gasteiger partial charge in [0, 0.05) is 24.4 Å². The van der Waals surface area contributed by atoms with Crippen molar-refractivity contribution in [1.82, 2.24) is 10.3 Å². The van der Waals surface area contributed by atoms with Gasteiger partial charge in [0.05, 0.1) is 17.9 Å². The molecule has 1 unspecified atom stereocenters. The highest BCUT2D eigenvalue weighted by Crippen LogP contribution is 2.42. The van der Waals surface area contributed by atoms with Gasteiger partial charge in [-0.15, -0.1) is 0 Å². The Morgan fingerprint density at radius 3 is 2.73 bits per heavy atom. The molecule has 0 spiro atoms. The van der Waals surface area contributed by atoms with Crippen LogP contribution in [-0.2, 0) is 11.3 Å². The SMILES string of the molecule is C=C1NC(c2ncc(COC)cc2C(=O)O)=CC1(C)C(C)C. The Morgan fingerprint density at radius 1 is 1.55 bits per heavy atom. The molecule has 0 saturated heterocycles. The van der Waals surface area contributed by atoms with Gasteiger partial charge >= 0.3 is 5.97 Å². The van der Waals surface area contributed by atoms with Gasteiger partial charge < -0.3 is 15.2 Å². The number of carbonyl (C=O) groups is 1. The van der Waals surface area contributed by atoms with Crippen molar-refractivity contribution in [3.05, 3.63) is 47.4 Å². The Labute approximate surface area is 130 Å². The Hall–Kier alpha value is -2.14. The number of allylic oxidation sites excluding steroid dienone is 1. The summed E-state index contributed by atoms with van der Waals surface area (Å²) >= 11 is 0. The van der Waals surface area contributed by atoms with Gasteiger partial charge in [0.15, 0.2) is 0 Å². The van der Waals surface area contributed by atoms with Crippen LogP contribution in [0.15, 0.2) is 30.6 Å². The third-order valence-corrected chi connectivity index (χ3v) is 4.32. The number of ether oxygens (including phenoxy) is 1. The maximum absolute atomic E-state index is 11.6. The number of carboxylic acids is 1. The van der Waals surface area contributed by atoms with Crippen LogP contribution in [0.2, 0.25) is 0 Å². The molecular formula is C17H22N2O3. The number of hydrogen-bond donors (Lipinski definition) is 2. The van der Waals surface area contributed by atoms with Crippen molar-refractivity contribution in [3.63, 3.8) is 0 Å². The summed E-state index contributed by atoms with van der Waals surface area (Å²) in [6.45, 7) is 10.7. The van der Waals surface area contributed by atoms with E-state index in [4.69, 9.17) is 4.74 Å². The number of pyridine rings is 1. The van der Waals surface area contributed by atoms with Gasteiger partial charge in [-0.05, 0) is 23.6 Å². The number of carboxylic acid groups (broad SMARTS) is 1. The fraction of sp³-hybridized carbons (Fsp3) is 0.412. The van der Waals surface area contributed by atoms with Crippen LogP contribution in [0.4, 0.5) is 0 Å². The van der Waals surface area contributed by atoms with E-state index in [0.29, 0.717) is 23.9 Å². The van der Waals surface area contributed by atoms with Crippen molar-refractivity contribution in [2.45, 2.75) is 27.4 Å². The lowest BCUT2D eigenvalue weighted by atomic mass is 9.78. The molecule has 118 valence electrons. The average molecular weight is 302 g/mol. The van der Waals surface area contributed by atoms with Crippen LogP contribution in [0, 0.1) is 11.3 Å². The lowest BCUT2D eigenvalue weighted by Crippen LogP contribution is -2.24. The fourth-order valence-corrected chi connectivity index (χ4v) is 2.49. The predicted octanol–water partition coefficient (Wildman–Crippen LogP) is 3.05. The highest BCUT2D eigenvalue weighted by Gasteiger charge is 2.36. The summed E-state index contributed by atoms with van der Waals surface area (Å²) in [5, 5.41) is 12.7. The second kappa shape index (κ2) is 5.93. The molecule has 2 rings (SSSR count). The van der Waals surface area contributed by atoms with Gasteiger partial charge in [0.25, 0.3) is 0 Å². The molecule has 22 heavy (non-hydrogen) atoms. The van der Waals surface area contributed by atoms with E-state index < -0.39 is 5.97 Å². The van der Waals surface area contributed by atoms with E-state index in [1.807, 2.05) is 6.08 Å². The highest BCUT2D eigenvalue weighted by molar-refractivity contribution is 5.93. The summed E-state index contributed by atoms with van der Waals surface area (Å²) in [6.07, 6.45) is 3.66. The Bertz CT molecular complexity index is 649. The molecule has 1 aromatic rings. The highest BCUT2D eigenvalue weighted by atomic mass is 16.5. The van der Waals surface area contributed by atoms with Crippen LogP contribution in [0.3, 0.4) is 0 Å². The molecule has 1 aliphatic rings. The molecular weight excluding hydrogens is 280 g/mol.